The van der Waals surface area contributed by atoms with Crippen molar-refractivity contribution in [3.63, 3.8) is 0 Å². The van der Waals surface area contributed by atoms with Crippen molar-refractivity contribution in [2.75, 3.05) is 6.61 Å². The summed E-state index contributed by atoms with van der Waals surface area (Å²) in [5, 5.41) is 0. The molecule has 0 aliphatic rings. The number of unbranched alkanes of at least 4 members (excludes halogenated alkanes) is 1. The van der Waals surface area contributed by atoms with E-state index in [1.807, 2.05) is 25.1 Å². The van der Waals surface area contributed by atoms with Gasteiger partial charge in [-0.2, -0.15) is 0 Å². The summed E-state index contributed by atoms with van der Waals surface area (Å²) in [5.74, 6) is -0.0883. The van der Waals surface area contributed by atoms with E-state index < -0.39 is 0 Å². The summed E-state index contributed by atoms with van der Waals surface area (Å²) in [6.07, 6.45) is 3.43. The second-order valence-electron chi connectivity index (χ2n) is 3.60. The molecule has 0 heterocycles. The lowest BCUT2D eigenvalue weighted by molar-refractivity contribution is -0.143. The Morgan fingerprint density at radius 3 is 2.75 bits per heavy atom. The number of aryl methyl sites for hydroxylation is 1. The summed E-state index contributed by atoms with van der Waals surface area (Å²) in [5.41, 5.74) is 1.30. The van der Waals surface area contributed by atoms with Crippen LogP contribution in [0.15, 0.2) is 28.7 Å². The second-order valence-corrected chi connectivity index (χ2v) is 4.46. The van der Waals surface area contributed by atoms with Gasteiger partial charge in [0.25, 0.3) is 0 Å². The molecule has 0 radical (unpaired) electrons. The molecule has 0 fully saturated rings. The number of esters is 1. The highest BCUT2D eigenvalue weighted by Gasteiger charge is 2.02. The molecule has 3 heteroatoms. The minimum atomic E-state index is -0.0883. The summed E-state index contributed by atoms with van der Waals surface area (Å²) in [6, 6.07) is 8.19. The van der Waals surface area contributed by atoms with Crippen LogP contribution in [0.1, 0.15) is 31.7 Å². The third-order valence-electron chi connectivity index (χ3n) is 2.34. The predicted molar refractivity (Wildman–Crippen MR) is 68.3 cm³/mol. The maximum atomic E-state index is 11.1. The molecular weight excluding hydrogens is 268 g/mol. The third-order valence-corrected chi connectivity index (χ3v) is 3.11. The fourth-order valence-corrected chi connectivity index (χ4v) is 2.00. The van der Waals surface area contributed by atoms with E-state index in [4.69, 9.17) is 4.74 Å². The van der Waals surface area contributed by atoms with Crippen LogP contribution in [-0.2, 0) is 16.0 Å². The normalized spacial score (nSPS) is 10.1. The molecular formula is C13H17BrO2. The van der Waals surface area contributed by atoms with Crippen LogP contribution in [0.25, 0.3) is 0 Å². The van der Waals surface area contributed by atoms with Crippen LogP contribution in [0.5, 0.6) is 0 Å². The average Bonchev–Trinajstić information content (AvgIpc) is 2.27. The second kappa shape index (κ2) is 7.44. The summed E-state index contributed by atoms with van der Waals surface area (Å²) >= 11 is 3.51. The van der Waals surface area contributed by atoms with Gasteiger partial charge in [0.1, 0.15) is 0 Å². The van der Waals surface area contributed by atoms with Gasteiger partial charge in [-0.3, -0.25) is 4.79 Å². The maximum Gasteiger partial charge on any atom is 0.305 e. The first-order valence-electron chi connectivity index (χ1n) is 5.63. The van der Waals surface area contributed by atoms with Gasteiger partial charge < -0.3 is 4.74 Å². The van der Waals surface area contributed by atoms with Crippen molar-refractivity contribution in [2.45, 2.75) is 32.6 Å². The van der Waals surface area contributed by atoms with Crippen LogP contribution in [-0.4, -0.2) is 12.6 Å². The van der Waals surface area contributed by atoms with E-state index in [0.29, 0.717) is 13.0 Å². The quantitative estimate of drug-likeness (QED) is 0.588. The highest BCUT2D eigenvalue weighted by Crippen LogP contribution is 2.18. The number of halogens is 1. The standard InChI is InChI=1S/C13H17BrO2/c1-2-16-13(15)10-6-4-8-11-7-3-5-9-12(11)14/h3,5,7,9H,2,4,6,8,10H2,1H3. The SMILES string of the molecule is CCOC(=O)CCCCc1ccccc1Br. The smallest absolute Gasteiger partial charge is 0.305 e. The van der Waals surface area contributed by atoms with Crippen LogP contribution >= 0.6 is 15.9 Å². The Kier molecular flexibility index (Phi) is 6.16. The van der Waals surface area contributed by atoms with Crippen LogP contribution in [0.4, 0.5) is 0 Å². The average molecular weight is 285 g/mol. The van der Waals surface area contributed by atoms with Gasteiger partial charge in [0.15, 0.2) is 0 Å². The molecule has 0 saturated heterocycles. The summed E-state index contributed by atoms with van der Waals surface area (Å²) in [6.45, 7) is 2.31. The van der Waals surface area contributed by atoms with E-state index in [0.717, 1.165) is 23.7 Å². The number of benzene rings is 1. The maximum absolute atomic E-state index is 11.1. The molecule has 0 amide bonds. The van der Waals surface area contributed by atoms with E-state index in [1.54, 1.807) is 0 Å². The van der Waals surface area contributed by atoms with E-state index >= 15 is 0 Å². The number of ether oxygens (including phenoxy) is 1. The molecule has 0 bridgehead atoms. The molecule has 0 atom stereocenters. The van der Waals surface area contributed by atoms with E-state index in [-0.39, 0.29) is 5.97 Å². The molecule has 16 heavy (non-hydrogen) atoms. The Hall–Kier alpha value is -0.830. The number of hydrogen-bond donors (Lipinski definition) is 0. The zero-order valence-corrected chi connectivity index (χ0v) is 11.1. The molecule has 1 aromatic carbocycles. The molecule has 1 rings (SSSR count). The molecule has 0 unspecified atom stereocenters. The highest BCUT2D eigenvalue weighted by molar-refractivity contribution is 9.10. The Morgan fingerprint density at radius 1 is 1.31 bits per heavy atom. The minimum Gasteiger partial charge on any atom is -0.466 e. The molecule has 88 valence electrons. The van der Waals surface area contributed by atoms with Crippen LogP contribution in [0.3, 0.4) is 0 Å². The summed E-state index contributed by atoms with van der Waals surface area (Å²) < 4.78 is 6.01. The Morgan fingerprint density at radius 2 is 2.06 bits per heavy atom. The number of carbonyl (C=O) groups is 1. The number of hydrogen-bond acceptors (Lipinski definition) is 2. The molecule has 0 aromatic heterocycles. The first kappa shape index (κ1) is 13.2. The molecule has 0 spiro atoms. The van der Waals surface area contributed by atoms with E-state index in [9.17, 15) is 4.79 Å². The summed E-state index contributed by atoms with van der Waals surface area (Å²) in [7, 11) is 0. The van der Waals surface area contributed by atoms with Gasteiger partial charge in [0.05, 0.1) is 6.61 Å². The van der Waals surface area contributed by atoms with Crippen molar-refractivity contribution in [3.05, 3.63) is 34.3 Å². The van der Waals surface area contributed by atoms with E-state index in [2.05, 4.69) is 22.0 Å². The highest BCUT2D eigenvalue weighted by atomic mass is 79.9. The zero-order chi connectivity index (χ0) is 11.8. The van der Waals surface area contributed by atoms with Gasteiger partial charge in [0.2, 0.25) is 0 Å². The van der Waals surface area contributed by atoms with Crippen molar-refractivity contribution < 1.29 is 9.53 Å². The summed E-state index contributed by atoms with van der Waals surface area (Å²) in [4.78, 5) is 11.1. The van der Waals surface area contributed by atoms with Gasteiger partial charge in [0, 0.05) is 10.9 Å². The fourth-order valence-electron chi connectivity index (χ4n) is 1.52. The Balaban J connectivity index is 2.21. The monoisotopic (exact) mass is 284 g/mol. The molecule has 0 saturated carbocycles. The lowest BCUT2D eigenvalue weighted by atomic mass is 10.1. The lowest BCUT2D eigenvalue weighted by Crippen LogP contribution is -2.03. The largest absolute Gasteiger partial charge is 0.466 e. The Labute approximate surface area is 105 Å². The van der Waals surface area contributed by atoms with Crippen LogP contribution in [0, 0.1) is 0 Å². The van der Waals surface area contributed by atoms with Crippen LogP contribution < -0.4 is 0 Å². The van der Waals surface area contributed by atoms with Crippen molar-refractivity contribution in [1.82, 2.24) is 0 Å². The Bertz CT molecular complexity index is 336. The van der Waals surface area contributed by atoms with Gasteiger partial charge in [-0.25, -0.2) is 0 Å². The first-order valence-corrected chi connectivity index (χ1v) is 6.42. The zero-order valence-electron chi connectivity index (χ0n) is 9.54. The lowest BCUT2D eigenvalue weighted by Gasteiger charge is -2.04. The minimum absolute atomic E-state index is 0.0883. The third kappa shape index (κ3) is 4.79. The number of carbonyl (C=O) groups excluding carboxylic acids is 1. The van der Waals surface area contributed by atoms with Crippen molar-refractivity contribution in [2.24, 2.45) is 0 Å². The molecule has 2 nitrogen and oxygen atoms in total. The molecule has 0 aliphatic heterocycles. The predicted octanol–water partition coefficient (Wildman–Crippen LogP) is 3.73. The molecule has 0 aliphatic carbocycles. The van der Waals surface area contributed by atoms with Crippen molar-refractivity contribution >= 4 is 21.9 Å². The topological polar surface area (TPSA) is 26.3 Å². The van der Waals surface area contributed by atoms with Gasteiger partial charge in [-0.1, -0.05) is 34.1 Å². The molecule has 0 N–H and O–H groups in total. The van der Waals surface area contributed by atoms with Crippen molar-refractivity contribution in [1.29, 1.82) is 0 Å². The first-order chi connectivity index (χ1) is 7.74. The van der Waals surface area contributed by atoms with Crippen molar-refractivity contribution in [3.8, 4) is 0 Å². The number of rotatable bonds is 6. The van der Waals surface area contributed by atoms with Crippen LogP contribution in [0.2, 0.25) is 0 Å². The van der Waals surface area contributed by atoms with E-state index in [1.165, 1.54) is 5.56 Å². The van der Waals surface area contributed by atoms with Gasteiger partial charge in [-0.05, 0) is 37.8 Å². The van der Waals surface area contributed by atoms with Gasteiger partial charge >= 0.3 is 5.97 Å². The van der Waals surface area contributed by atoms with Gasteiger partial charge in [-0.15, -0.1) is 0 Å². The fraction of sp³-hybridized carbons (Fsp3) is 0.462. The molecule has 1 aromatic rings.